The Hall–Kier alpha value is -2.93. The highest BCUT2D eigenvalue weighted by Gasteiger charge is 2.25. The minimum absolute atomic E-state index is 0.288. The van der Waals surface area contributed by atoms with E-state index in [1.807, 2.05) is 53.3 Å². The summed E-state index contributed by atoms with van der Waals surface area (Å²) in [4.78, 5) is 23.4. The molecule has 0 aliphatic carbocycles. The highest BCUT2D eigenvalue weighted by molar-refractivity contribution is 7.09. The van der Waals surface area contributed by atoms with Crippen molar-refractivity contribution < 1.29 is 9.53 Å². The van der Waals surface area contributed by atoms with Crippen LogP contribution in [0, 0.1) is 5.92 Å². The molecule has 0 amide bonds. The Balaban J connectivity index is 1.86. The maximum absolute atomic E-state index is 12.9. The quantitative estimate of drug-likeness (QED) is 0.488. The molecule has 0 fully saturated rings. The first-order chi connectivity index (χ1) is 13.6. The molecule has 0 saturated heterocycles. The van der Waals surface area contributed by atoms with Crippen molar-refractivity contribution >= 4 is 45.3 Å². The van der Waals surface area contributed by atoms with Crippen molar-refractivity contribution in [3.63, 3.8) is 0 Å². The number of ether oxygens (including phenoxy) is 1. The number of hydrogen-bond donors (Lipinski definition) is 1. The highest BCUT2D eigenvalue weighted by Crippen LogP contribution is 2.30. The number of anilines is 1. The largest absolute Gasteiger partial charge is 0.462 e. The second-order valence-electron chi connectivity index (χ2n) is 6.92. The van der Waals surface area contributed by atoms with Gasteiger partial charge in [0.2, 0.25) is 0 Å². The SMILES string of the molecule is CCC(C)COC(=O)c1c(N)n(Cc2cccs2)c2nc3ccccc3nc12. The summed E-state index contributed by atoms with van der Waals surface area (Å²) in [5.41, 5.74) is 9.29. The lowest BCUT2D eigenvalue weighted by Crippen LogP contribution is -2.14. The van der Waals surface area contributed by atoms with Crippen LogP contribution in [-0.2, 0) is 11.3 Å². The smallest absolute Gasteiger partial charge is 0.344 e. The molecule has 28 heavy (non-hydrogen) atoms. The van der Waals surface area contributed by atoms with Gasteiger partial charge in [-0.2, -0.15) is 0 Å². The van der Waals surface area contributed by atoms with Crippen LogP contribution in [0.15, 0.2) is 41.8 Å². The van der Waals surface area contributed by atoms with E-state index in [4.69, 9.17) is 20.4 Å². The van der Waals surface area contributed by atoms with Gasteiger partial charge in [0, 0.05) is 4.88 Å². The van der Waals surface area contributed by atoms with Gasteiger partial charge in [0.25, 0.3) is 0 Å². The zero-order valence-electron chi connectivity index (χ0n) is 15.9. The van der Waals surface area contributed by atoms with E-state index in [1.54, 1.807) is 11.3 Å². The van der Waals surface area contributed by atoms with Gasteiger partial charge in [-0.1, -0.05) is 38.5 Å². The van der Waals surface area contributed by atoms with Crippen LogP contribution in [-0.4, -0.2) is 27.1 Å². The fourth-order valence-corrected chi connectivity index (χ4v) is 3.74. The van der Waals surface area contributed by atoms with Crippen molar-refractivity contribution in [1.82, 2.24) is 14.5 Å². The lowest BCUT2D eigenvalue weighted by Gasteiger charge is -2.10. The first-order valence-electron chi connectivity index (χ1n) is 9.32. The zero-order valence-corrected chi connectivity index (χ0v) is 16.7. The fraction of sp³-hybridized carbons (Fsp3) is 0.286. The molecule has 3 heterocycles. The van der Waals surface area contributed by atoms with Gasteiger partial charge in [0.15, 0.2) is 5.65 Å². The molecule has 0 aliphatic rings. The minimum Gasteiger partial charge on any atom is -0.462 e. The third kappa shape index (κ3) is 3.33. The molecule has 1 unspecified atom stereocenters. The van der Waals surface area contributed by atoms with Gasteiger partial charge in [0.05, 0.1) is 24.2 Å². The fourth-order valence-electron chi connectivity index (χ4n) is 3.04. The van der Waals surface area contributed by atoms with Gasteiger partial charge in [-0.05, 0) is 29.5 Å². The summed E-state index contributed by atoms with van der Waals surface area (Å²) in [7, 11) is 0. The predicted octanol–water partition coefficient (Wildman–Crippen LogP) is 4.48. The number of para-hydroxylation sites is 2. The van der Waals surface area contributed by atoms with Crippen LogP contribution in [0.2, 0.25) is 0 Å². The van der Waals surface area contributed by atoms with Crippen molar-refractivity contribution in [2.75, 3.05) is 12.3 Å². The third-order valence-electron chi connectivity index (χ3n) is 4.89. The number of hydrogen-bond acceptors (Lipinski definition) is 6. The van der Waals surface area contributed by atoms with Crippen molar-refractivity contribution in [3.05, 3.63) is 52.2 Å². The number of aromatic nitrogens is 3. The molecule has 0 radical (unpaired) electrons. The van der Waals surface area contributed by atoms with E-state index in [9.17, 15) is 4.79 Å². The summed E-state index contributed by atoms with van der Waals surface area (Å²) < 4.78 is 7.38. The van der Waals surface area contributed by atoms with Crippen molar-refractivity contribution in [3.8, 4) is 0 Å². The molecule has 3 aromatic heterocycles. The van der Waals surface area contributed by atoms with Crippen LogP contribution < -0.4 is 5.73 Å². The first kappa shape index (κ1) is 18.4. The zero-order chi connectivity index (χ0) is 19.7. The van der Waals surface area contributed by atoms with E-state index in [2.05, 4.69) is 6.92 Å². The summed E-state index contributed by atoms with van der Waals surface area (Å²) in [6, 6.07) is 11.6. The highest BCUT2D eigenvalue weighted by atomic mass is 32.1. The maximum Gasteiger partial charge on any atom is 0.344 e. The predicted molar refractivity (Wildman–Crippen MR) is 113 cm³/mol. The number of nitrogens with zero attached hydrogens (tertiary/aromatic N) is 3. The average Bonchev–Trinajstić information content (AvgIpc) is 3.31. The molecular formula is C21H22N4O2S. The van der Waals surface area contributed by atoms with E-state index >= 15 is 0 Å². The van der Waals surface area contributed by atoms with Gasteiger partial charge in [0.1, 0.15) is 16.9 Å². The van der Waals surface area contributed by atoms with Crippen molar-refractivity contribution in [2.24, 2.45) is 5.92 Å². The normalized spacial score (nSPS) is 12.5. The number of carbonyl (C=O) groups is 1. The summed E-state index contributed by atoms with van der Waals surface area (Å²) in [6.07, 6.45) is 0.938. The van der Waals surface area contributed by atoms with Crippen LogP contribution >= 0.6 is 11.3 Å². The molecule has 0 bridgehead atoms. The number of benzene rings is 1. The number of nitrogens with two attached hydrogens (primary N) is 1. The molecule has 0 aliphatic heterocycles. The van der Waals surface area contributed by atoms with E-state index in [0.29, 0.717) is 35.7 Å². The lowest BCUT2D eigenvalue weighted by atomic mass is 10.1. The molecule has 1 atom stereocenters. The third-order valence-corrected chi connectivity index (χ3v) is 5.75. The van der Waals surface area contributed by atoms with Gasteiger partial charge in [-0.15, -0.1) is 11.3 Å². The Morgan fingerprint density at radius 1 is 1.21 bits per heavy atom. The van der Waals surface area contributed by atoms with Crippen LogP contribution in [0.5, 0.6) is 0 Å². The Morgan fingerprint density at radius 3 is 2.64 bits per heavy atom. The number of rotatable bonds is 6. The number of carbonyl (C=O) groups excluding carboxylic acids is 1. The number of nitrogen functional groups attached to an aromatic ring is 1. The van der Waals surface area contributed by atoms with Gasteiger partial charge < -0.3 is 15.0 Å². The standard InChI is InChI=1S/C21H22N4O2S/c1-3-13(2)12-27-21(26)17-18-20(24-16-9-5-4-8-15(16)23-18)25(19(17)22)11-14-7-6-10-28-14/h4-10,13H,3,11-12,22H2,1-2H3. The number of esters is 1. The van der Waals surface area contributed by atoms with Crippen LogP contribution in [0.25, 0.3) is 22.2 Å². The van der Waals surface area contributed by atoms with Crippen molar-refractivity contribution in [1.29, 1.82) is 0 Å². The van der Waals surface area contributed by atoms with E-state index in [0.717, 1.165) is 22.3 Å². The molecule has 4 rings (SSSR count). The summed E-state index contributed by atoms with van der Waals surface area (Å²) in [6.45, 7) is 5.00. The van der Waals surface area contributed by atoms with Gasteiger partial charge in [-0.25, -0.2) is 14.8 Å². The summed E-state index contributed by atoms with van der Waals surface area (Å²) >= 11 is 1.63. The van der Waals surface area contributed by atoms with Gasteiger partial charge in [-0.3, -0.25) is 0 Å². The molecule has 2 N–H and O–H groups in total. The summed E-state index contributed by atoms with van der Waals surface area (Å²) in [5.74, 6) is 0.182. The summed E-state index contributed by atoms with van der Waals surface area (Å²) in [5, 5.41) is 2.01. The number of fused-ring (bicyclic) bond motifs is 2. The molecule has 6 nitrogen and oxygen atoms in total. The maximum atomic E-state index is 12.9. The van der Waals surface area contributed by atoms with Gasteiger partial charge >= 0.3 is 5.97 Å². The van der Waals surface area contributed by atoms with Crippen molar-refractivity contribution in [2.45, 2.75) is 26.8 Å². The van der Waals surface area contributed by atoms with Crippen LogP contribution in [0.3, 0.4) is 0 Å². The Kier molecular flexibility index (Phi) is 5.00. The molecule has 0 spiro atoms. The molecule has 7 heteroatoms. The minimum atomic E-state index is -0.447. The monoisotopic (exact) mass is 394 g/mol. The van der Waals surface area contributed by atoms with Crippen LogP contribution in [0.4, 0.5) is 5.82 Å². The lowest BCUT2D eigenvalue weighted by molar-refractivity contribution is 0.0450. The molecule has 144 valence electrons. The topological polar surface area (TPSA) is 83.0 Å². The van der Waals surface area contributed by atoms with Crippen LogP contribution in [0.1, 0.15) is 35.5 Å². The molecule has 4 aromatic rings. The second kappa shape index (κ2) is 7.59. The number of thiophene rings is 1. The first-order valence-corrected chi connectivity index (χ1v) is 10.2. The van der Waals surface area contributed by atoms with E-state index in [1.165, 1.54) is 0 Å². The average molecular weight is 395 g/mol. The molecule has 1 aromatic carbocycles. The Bertz CT molecular complexity index is 1130. The molecular weight excluding hydrogens is 372 g/mol. The molecule has 0 saturated carbocycles. The Morgan fingerprint density at radius 2 is 1.96 bits per heavy atom. The Labute approximate surface area is 167 Å². The van der Waals surface area contributed by atoms with E-state index < -0.39 is 5.97 Å². The van der Waals surface area contributed by atoms with E-state index in [-0.39, 0.29) is 5.92 Å². The second-order valence-corrected chi connectivity index (χ2v) is 7.95.